The third-order valence-corrected chi connectivity index (χ3v) is 10.3. The summed E-state index contributed by atoms with van der Waals surface area (Å²) < 4.78 is 132. The summed E-state index contributed by atoms with van der Waals surface area (Å²) in [5.41, 5.74) is -9.92. The van der Waals surface area contributed by atoms with Crippen LogP contribution in [0.5, 0.6) is 0 Å². The molecule has 1 aliphatic heterocycles. The average molecular weight is 664 g/mol. The van der Waals surface area contributed by atoms with E-state index in [1.807, 2.05) is 0 Å². The lowest BCUT2D eigenvalue weighted by Gasteiger charge is -2.34. The quantitative estimate of drug-likeness (QED) is 0.404. The number of alkyl halides is 8. The molecule has 0 unspecified atom stereocenters. The van der Waals surface area contributed by atoms with Crippen molar-refractivity contribution >= 4 is 33.0 Å². The summed E-state index contributed by atoms with van der Waals surface area (Å²) >= 11 is 0.419. The van der Waals surface area contributed by atoms with E-state index >= 15 is 0 Å². The van der Waals surface area contributed by atoms with Gasteiger partial charge in [0.25, 0.3) is 23.8 Å². The molecular formula is C25H25F8N3O5S2. The second kappa shape index (κ2) is 11.3. The van der Waals surface area contributed by atoms with Crippen molar-refractivity contribution < 1.29 is 58.2 Å². The van der Waals surface area contributed by atoms with Crippen LogP contribution in [0.3, 0.4) is 0 Å². The van der Waals surface area contributed by atoms with Gasteiger partial charge in [-0.25, -0.2) is 22.2 Å². The predicted octanol–water partition coefficient (Wildman–Crippen LogP) is 4.99. The van der Waals surface area contributed by atoms with E-state index in [-0.39, 0.29) is 37.6 Å². The Kier molecular flexibility index (Phi) is 8.64. The maximum atomic E-state index is 14.2. The topological polar surface area (TPSA) is 117 Å². The van der Waals surface area contributed by atoms with Crippen LogP contribution >= 0.6 is 11.3 Å². The molecule has 1 saturated carbocycles. The molecule has 18 heteroatoms. The number of nitrogens with zero attached hydrogens (tertiary/aromatic N) is 2. The number of amides is 2. The van der Waals surface area contributed by atoms with Gasteiger partial charge < -0.3 is 15.3 Å². The summed E-state index contributed by atoms with van der Waals surface area (Å²) in [6.07, 6.45) is -13.9. The molecule has 1 aromatic heterocycles. The van der Waals surface area contributed by atoms with Crippen molar-refractivity contribution in [2.75, 3.05) is 12.8 Å². The first kappa shape index (κ1) is 33.0. The molecule has 1 atom stereocenters. The summed E-state index contributed by atoms with van der Waals surface area (Å²) in [7, 11) is -3.35. The van der Waals surface area contributed by atoms with Crippen LogP contribution in [0, 0.1) is 0 Å². The summed E-state index contributed by atoms with van der Waals surface area (Å²) in [6, 6.07) is -0.356. The third kappa shape index (κ3) is 6.09. The Labute approximate surface area is 244 Å². The highest BCUT2D eigenvalue weighted by Gasteiger charge is 2.71. The van der Waals surface area contributed by atoms with Crippen LogP contribution in [0.2, 0.25) is 0 Å². The van der Waals surface area contributed by atoms with Crippen molar-refractivity contribution in [3.05, 3.63) is 40.0 Å². The fourth-order valence-corrected chi connectivity index (χ4v) is 7.23. The minimum Gasteiger partial charge on any atom is -0.369 e. The Morgan fingerprint density at radius 2 is 1.72 bits per heavy atom. The van der Waals surface area contributed by atoms with Gasteiger partial charge in [0.1, 0.15) is 15.5 Å². The van der Waals surface area contributed by atoms with E-state index in [2.05, 4.69) is 10.3 Å². The summed E-state index contributed by atoms with van der Waals surface area (Å²) in [5.74, 6) is -1.67. The highest BCUT2D eigenvalue weighted by molar-refractivity contribution is 7.91. The molecule has 43 heavy (non-hydrogen) atoms. The fourth-order valence-electron chi connectivity index (χ4n) is 5.06. The van der Waals surface area contributed by atoms with E-state index in [1.54, 1.807) is 6.92 Å². The first-order chi connectivity index (χ1) is 19.7. The molecule has 2 aromatic rings. The van der Waals surface area contributed by atoms with Gasteiger partial charge >= 0.3 is 12.4 Å². The summed E-state index contributed by atoms with van der Waals surface area (Å²) in [4.78, 5) is 31.4. The Morgan fingerprint density at radius 1 is 1.12 bits per heavy atom. The molecule has 1 aliphatic carbocycles. The molecule has 1 saturated heterocycles. The lowest BCUT2D eigenvalue weighted by Crippen LogP contribution is -2.54. The van der Waals surface area contributed by atoms with Gasteiger partial charge in [-0.3, -0.25) is 9.59 Å². The molecule has 4 rings (SSSR count). The number of likely N-dealkylation sites (tertiary alicyclic amines) is 1. The first-order valence-corrected chi connectivity index (χ1v) is 15.5. The number of benzene rings is 1. The van der Waals surface area contributed by atoms with Crippen LogP contribution in [0.25, 0.3) is 10.4 Å². The maximum Gasteiger partial charge on any atom is 0.430 e. The molecule has 8 nitrogen and oxygen atoms in total. The van der Waals surface area contributed by atoms with Crippen molar-refractivity contribution in [2.24, 2.45) is 0 Å². The fraction of sp³-hybridized carbons (Fsp3) is 0.560. The van der Waals surface area contributed by atoms with Gasteiger partial charge in [0, 0.05) is 41.6 Å². The van der Waals surface area contributed by atoms with E-state index in [0.29, 0.717) is 30.2 Å². The van der Waals surface area contributed by atoms with Crippen LogP contribution in [0.4, 0.5) is 35.1 Å². The number of hydrogen-bond acceptors (Lipinski definition) is 7. The van der Waals surface area contributed by atoms with E-state index < -0.39 is 89.6 Å². The number of rotatable bonds is 7. The van der Waals surface area contributed by atoms with Gasteiger partial charge in [0.2, 0.25) is 0 Å². The predicted molar refractivity (Wildman–Crippen MR) is 137 cm³/mol. The second-order valence-corrected chi connectivity index (χ2v) is 13.9. The average Bonchev–Trinajstić information content (AvgIpc) is 3.49. The number of aliphatic hydroxyl groups is 1. The number of hydrogen-bond donors (Lipinski definition) is 2. The van der Waals surface area contributed by atoms with E-state index in [0.717, 1.165) is 6.26 Å². The number of halogens is 8. The number of aromatic nitrogens is 1. The number of nitrogens with one attached hydrogen (secondary N) is 1. The first-order valence-electron chi connectivity index (χ1n) is 12.8. The van der Waals surface area contributed by atoms with Gasteiger partial charge in [0.15, 0.2) is 5.01 Å². The van der Waals surface area contributed by atoms with Crippen LogP contribution in [0.1, 0.15) is 70.4 Å². The van der Waals surface area contributed by atoms with E-state index in [9.17, 15) is 58.2 Å². The normalized spacial score (nSPS) is 21.7. The second-order valence-electron chi connectivity index (χ2n) is 10.6. The number of thiazole rings is 1. The van der Waals surface area contributed by atoms with Crippen LogP contribution in [-0.2, 0) is 15.4 Å². The molecule has 2 amide bonds. The van der Waals surface area contributed by atoms with Gasteiger partial charge in [0.05, 0.1) is 10.1 Å². The highest BCUT2D eigenvalue weighted by Crippen LogP contribution is 2.51. The SMILES string of the molecule is C[C@H]1CCCN1C(=O)c1nc(C(=O)N[C@H]2C[C@H](S(C)(=O)=O)C2)sc1-c1ccc(C(O)(C(F)(F)F)C(F)(F)F)cc1C(F)F. The molecule has 0 radical (unpaired) electrons. The number of carbonyl (C=O) groups is 2. The molecule has 2 N–H and O–H groups in total. The van der Waals surface area contributed by atoms with Gasteiger partial charge in [-0.15, -0.1) is 11.3 Å². The number of sulfone groups is 1. The molecule has 1 aromatic carbocycles. The van der Waals surface area contributed by atoms with Crippen molar-refractivity contribution in [3.63, 3.8) is 0 Å². The van der Waals surface area contributed by atoms with Crippen molar-refractivity contribution in [3.8, 4) is 10.4 Å². The van der Waals surface area contributed by atoms with Gasteiger partial charge in [-0.2, -0.15) is 26.3 Å². The molecule has 2 heterocycles. The molecular weight excluding hydrogens is 638 g/mol. The van der Waals surface area contributed by atoms with Crippen LogP contribution < -0.4 is 5.32 Å². The monoisotopic (exact) mass is 663 g/mol. The molecule has 2 fully saturated rings. The standard InChI is InChI=1S/C25H25F8N3O5S2/c1-11-4-3-7-36(11)22(38)17-18(42-21(35-17)20(37)34-13-9-14(10-13)43(2,40)41)15-6-5-12(8-16(15)19(26)27)23(39,24(28,29)30)25(31,32)33/h5-6,8,11,13-14,19,39H,3-4,7,9-10H2,1-2H3,(H,34,37)/t11-,13-,14-/m0/s1. The highest BCUT2D eigenvalue weighted by atomic mass is 32.2. The zero-order valence-electron chi connectivity index (χ0n) is 22.4. The lowest BCUT2D eigenvalue weighted by molar-refractivity contribution is -0.376. The van der Waals surface area contributed by atoms with Crippen molar-refractivity contribution in [2.45, 2.75) is 74.3 Å². The lowest BCUT2D eigenvalue weighted by atomic mass is 9.89. The zero-order chi connectivity index (χ0) is 32.3. The minimum atomic E-state index is -6.33. The van der Waals surface area contributed by atoms with E-state index in [4.69, 9.17) is 0 Å². The van der Waals surface area contributed by atoms with Gasteiger partial charge in [-0.1, -0.05) is 12.1 Å². The van der Waals surface area contributed by atoms with Crippen LogP contribution in [0.15, 0.2) is 18.2 Å². The Hall–Kier alpha value is -2.86. The molecule has 238 valence electrons. The molecule has 0 spiro atoms. The van der Waals surface area contributed by atoms with Crippen molar-refractivity contribution in [1.82, 2.24) is 15.2 Å². The summed E-state index contributed by atoms with van der Waals surface area (Å²) in [5, 5.41) is 11.2. The van der Waals surface area contributed by atoms with Gasteiger partial charge in [-0.05, 0) is 38.7 Å². The maximum absolute atomic E-state index is 14.2. The van der Waals surface area contributed by atoms with Crippen molar-refractivity contribution in [1.29, 1.82) is 0 Å². The summed E-state index contributed by atoms with van der Waals surface area (Å²) in [6.45, 7) is 1.95. The Balaban J connectivity index is 1.80. The Bertz CT molecular complexity index is 1500. The number of carbonyl (C=O) groups excluding carboxylic acids is 2. The minimum absolute atomic E-state index is 0.0954. The molecule has 2 aliphatic rings. The molecule has 0 bridgehead atoms. The smallest absolute Gasteiger partial charge is 0.369 e. The van der Waals surface area contributed by atoms with Crippen LogP contribution in [-0.4, -0.2) is 77.7 Å². The zero-order valence-corrected chi connectivity index (χ0v) is 24.0. The largest absolute Gasteiger partial charge is 0.430 e. The Morgan fingerprint density at radius 3 is 2.21 bits per heavy atom. The third-order valence-electron chi connectivity index (χ3n) is 7.64. The van der Waals surface area contributed by atoms with E-state index in [1.165, 1.54) is 4.90 Å².